The van der Waals surface area contributed by atoms with Crippen molar-refractivity contribution in [2.75, 3.05) is 68.1 Å². The first kappa shape index (κ1) is 18.7. The molecule has 0 atom stereocenters. The van der Waals surface area contributed by atoms with E-state index in [1.54, 1.807) is 28.4 Å². The van der Waals surface area contributed by atoms with Crippen LogP contribution in [0.5, 0.6) is 0 Å². The molecule has 19 heavy (non-hydrogen) atoms. The van der Waals surface area contributed by atoms with Crippen LogP contribution >= 0.6 is 0 Å². The maximum atomic E-state index is 5.32. The van der Waals surface area contributed by atoms with Gasteiger partial charge in [0.2, 0.25) is 0 Å². The average molecular weight is 282 g/mol. The van der Waals surface area contributed by atoms with Gasteiger partial charge in [-0.3, -0.25) is 0 Å². The van der Waals surface area contributed by atoms with E-state index in [2.05, 4.69) is 0 Å². The molecule has 0 saturated heterocycles. The van der Waals surface area contributed by atoms with Gasteiger partial charge in [0.05, 0.1) is 39.6 Å². The van der Waals surface area contributed by atoms with Gasteiger partial charge in [-0.1, -0.05) is 0 Å². The maximum Gasteiger partial charge on any atom is 0.180 e. The summed E-state index contributed by atoms with van der Waals surface area (Å²) in [7, 11) is 6.27. The highest BCUT2D eigenvalue weighted by Crippen LogP contribution is 1.93. The normalized spacial score (nSPS) is 11.7. The Morgan fingerprint density at radius 1 is 0.526 bits per heavy atom. The minimum atomic E-state index is -0.330. The molecule has 0 amide bonds. The van der Waals surface area contributed by atoms with Crippen molar-refractivity contribution in [2.45, 2.75) is 12.6 Å². The van der Waals surface area contributed by atoms with Crippen molar-refractivity contribution in [3.63, 3.8) is 0 Å². The molecule has 0 bridgehead atoms. The SMILES string of the molecule is COC(COCCOCCOCC(OC)OC)OC. The van der Waals surface area contributed by atoms with Gasteiger partial charge in [0, 0.05) is 28.4 Å². The first-order valence-corrected chi connectivity index (χ1v) is 6.12. The molecule has 0 unspecified atom stereocenters. The molecule has 0 spiro atoms. The third-order valence-electron chi connectivity index (χ3n) is 2.30. The Balaban J connectivity index is 3.19. The second kappa shape index (κ2) is 14.1. The number of methoxy groups -OCH3 is 4. The van der Waals surface area contributed by atoms with Crippen molar-refractivity contribution in [1.29, 1.82) is 0 Å². The van der Waals surface area contributed by atoms with Crippen molar-refractivity contribution < 1.29 is 33.2 Å². The van der Waals surface area contributed by atoms with Gasteiger partial charge in [-0.25, -0.2) is 0 Å². The second-order valence-electron chi connectivity index (χ2n) is 3.56. The van der Waals surface area contributed by atoms with Crippen molar-refractivity contribution in [2.24, 2.45) is 0 Å². The largest absolute Gasteiger partial charge is 0.377 e. The Morgan fingerprint density at radius 2 is 0.842 bits per heavy atom. The smallest absolute Gasteiger partial charge is 0.180 e. The Bertz CT molecular complexity index is 153. The molecule has 7 heteroatoms. The minimum absolute atomic E-state index is 0.330. The summed E-state index contributed by atoms with van der Waals surface area (Å²) in [4.78, 5) is 0. The molecule has 0 saturated carbocycles. The summed E-state index contributed by atoms with van der Waals surface area (Å²) in [6.07, 6.45) is -0.660. The average Bonchev–Trinajstić information content (AvgIpc) is 2.45. The van der Waals surface area contributed by atoms with Crippen LogP contribution in [0.25, 0.3) is 0 Å². The quantitative estimate of drug-likeness (QED) is 0.335. The zero-order valence-corrected chi connectivity index (χ0v) is 12.3. The fourth-order valence-corrected chi connectivity index (χ4v) is 1.16. The number of ether oxygens (including phenoxy) is 7. The molecular weight excluding hydrogens is 256 g/mol. The highest BCUT2D eigenvalue weighted by Gasteiger charge is 2.05. The molecule has 7 nitrogen and oxygen atoms in total. The Morgan fingerprint density at radius 3 is 1.16 bits per heavy atom. The highest BCUT2D eigenvalue weighted by molar-refractivity contribution is 4.40. The van der Waals surface area contributed by atoms with Crippen LogP contribution in [-0.2, 0) is 33.2 Å². The summed E-state index contributed by atoms with van der Waals surface area (Å²) in [5.74, 6) is 0. The van der Waals surface area contributed by atoms with Crippen LogP contribution < -0.4 is 0 Å². The van der Waals surface area contributed by atoms with Gasteiger partial charge < -0.3 is 33.2 Å². The van der Waals surface area contributed by atoms with Gasteiger partial charge in [-0.2, -0.15) is 0 Å². The monoisotopic (exact) mass is 282 g/mol. The zero-order valence-electron chi connectivity index (χ0n) is 12.3. The van der Waals surface area contributed by atoms with E-state index in [4.69, 9.17) is 33.2 Å². The number of hydrogen-bond donors (Lipinski definition) is 0. The Hall–Kier alpha value is -0.280. The molecule has 0 aliphatic rings. The predicted octanol–water partition coefficient (Wildman–Crippen LogP) is 0.274. The topological polar surface area (TPSA) is 64.6 Å². The lowest BCUT2D eigenvalue weighted by Gasteiger charge is -2.14. The van der Waals surface area contributed by atoms with Crippen molar-refractivity contribution in [3.05, 3.63) is 0 Å². The van der Waals surface area contributed by atoms with E-state index in [0.717, 1.165) is 0 Å². The van der Waals surface area contributed by atoms with Gasteiger partial charge in [0.1, 0.15) is 0 Å². The predicted molar refractivity (Wildman–Crippen MR) is 68.1 cm³/mol. The maximum absolute atomic E-state index is 5.32. The first-order chi connectivity index (χ1) is 9.28. The van der Waals surface area contributed by atoms with Crippen LogP contribution in [0, 0.1) is 0 Å². The van der Waals surface area contributed by atoms with Crippen LogP contribution in [0.2, 0.25) is 0 Å². The van der Waals surface area contributed by atoms with Crippen LogP contribution in [0.15, 0.2) is 0 Å². The van der Waals surface area contributed by atoms with E-state index in [-0.39, 0.29) is 12.6 Å². The van der Waals surface area contributed by atoms with E-state index >= 15 is 0 Å². The van der Waals surface area contributed by atoms with Crippen LogP contribution in [-0.4, -0.2) is 80.7 Å². The summed E-state index contributed by atoms with van der Waals surface area (Å²) >= 11 is 0. The third kappa shape index (κ3) is 11.3. The standard InChI is InChI=1S/C12H26O7/c1-13-11(14-2)9-18-7-5-17-6-8-19-10-12(15-3)16-4/h11-12H,5-10H2,1-4H3. The molecule has 0 rings (SSSR count). The summed E-state index contributed by atoms with van der Waals surface area (Å²) in [5, 5.41) is 0. The molecule has 0 N–H and O–H groups in total. The van der Waals surface area contributed by atoms with E-state index in [1.807, 2.05) is 0 Å². The summed E-state index contributed by atoms with van der Waals surface area (Å²) in [6.45, 7) is 2.75. The molecular formula is C12H26O7. The van der Waals surface area contributed by atoms with Gasteiger partial charge in [0.15, 0.2) is 12.6 Å². The van der Waals surface area contributed by atoms with E-state index in [0.29, 0.717) is 39.6 Å². The molecule has 0 aliphatic heterocycles. The highest BCUT2D eigenvalue weighted by atomic mass is 16.7. The summed E-state index contributed by atoms with van der Waals surface area (Å²) < 4.78 is 35.8. The van der Waals surface area contributed by atoms with Crippen molar-refractivity contribution in [1.82, 2.24) is 0 Å². The van der Waals surface area contributed by atoms with Crippen LogP contribution in [0.4, 0.5) is 0 Å². The lowest BCUT2D eigenvalue weighted by molar-refractivity contribution is -0.148. The third-order valence-corrected chi connectivity index (χ3v) is 2.30. The lowest BCUT2D eigenvalue weighted by Crippen LogP contribution is -2.22. The van der Waals surface area contributed by atoms with Gasteiger partial charge >= 0.3 is 0 Å². The fraction of sp³-hybridized carbons (Fsp3) is 1.00. The number of hydrogen-bond acceptors (Lipinski definition) is 7. The molecule has 116 valence electrons. The molecule has 0 aromatic heterocycles. The van der Waals surface area contributed by atoms with Crippen molar-refractivity contribution >= 4 is 0 Å². The van der Waals surface area contributed by atoms with Gasteiger partial charge in [0.25, 0.3) is 0 Å². The molecule has 0 radical (unpaired) electrons. The first-order valence-electron chi connectivity index (χ1n) is 6.12. The van der Waals surface area contributed by atoms with Gasteiger partial charge in [-0.05, 0) is 0 Å². The van der Waals surface area contributed by atoms with Crippen molar-refractivity contribution in [3.8, 4) is 0 Å². The number of rotatable bonds is 14. The van der Waals surface area contributed by atoms with E-state index < -0.39 is 0 Å². The second-order valence-corrected chi connectivity index (χ2v) is 3.56. The molecule has 0 aromatic rings. The van der Waals surface area contributed by atoms with E-state index in [9.17, 15) is 0 Å². The molecule has 0 aromatic carbocycles. The zero-order chi connectivity index (χ0) is 14.3. The van der Waals surface area contributed by atoms with Crippen LogP contribution in [0.3, 0.4) is 0 Å². The molecule has 0 heterocycles. The molecule has 0 aliphatic carbocycles. The molecule has 0 fully saturated rings. The summed E-state index contributed by atoms with van der Waals surface area (Å²) in [6, 6.07) is 0. The Labute approximate surface area is 115 Å². The fourth-order valence-electron chi connectivity index (χ4n) is 1.16. The van der Waals surface area contributed by atoms with Crippen LogP contribution in [0.1, 0.15) is 0 Å². The Kier molecular flexibility index (Phi) is 13.9. The summed E-state index contributed by atoms with van der Waals surface area (Å²) in [5.41, 5.74) is 0. The minimum Gasteiger partial charge on any atom is -0.377 e. The lowest BCUT2D eigenvalue weighted by atomic mass is 10.6. The van der Waals surface area contributed by atoms with Gasteiger partial charge in [-0.15, -0.1) is 0 Å². The van der Waals surface area contributed by atoms with E-state index in [1.165, 1.54) is 0 Å².